The molecule has 4 aromatic rings. The molecule has 3 heterocycles. The highest BCUT2D eigenvalue weighted by atomic mass is 32.2. The van der Waals surface area contributed by atoms with E-state index in [-0.39, 0.29) is 27.1 Å². The lowest BCUT2D eigenvalue weighted by molar-refractivity contribution is 0.445. The van der Waals surface area contributed by atoms with Gasteiger partial charge in [-0.3, -0.25) is 9.36 Å². The van der Waals surface area contributed by atoms with Crippen molar-refractivity contribution in [2.24, 2.45) is 0 Å². The Kier molecular flexibility index (Phi) is 4.36. The number of nitrogens with zero attached hydrogens (tertiary/aromatic N) is 1. The van der Waals surface area contributed by atoms with E-state index in [4.69, 9.17) is 4.42 Å². The highest BCUT2D eigenvalue weighted by molar-refractivity contribution is 7.99. The maximum absolute atomic E-state index is 14.7. The van der Waals surface area contributed by atoms with Gasteiger partial charge >= 0.3 is 5.63 Å². The van der Waals surface area contributed by atoms with Crippen LogP contribution in [0.2, 0.25) is 0 Å². The number of aryl methyl sites for hydroxylation is 1. The minimum Gasteiger partial charge on any atom is -0.505 e. The Labute approximate surface area is 184 Å². The molecule has 2 aromatic carbocycles. The number of rotatable bonds is 2. The Balaban J connectivity index is 1.81. The van der Waals surface area contributed by atoms with Crippen molar-refractivity contribution in [2.45, 2.75) is 36.0 Å². The Morgan fingerprint density at radius 3 is 2.44 bits per heavy atom. The van der Waals surface area contributed by atoms with Crippen LogP contribution in [0.25, 0.3) is 16.7 Å². The predicted molar refractivity (Wildman–Crippen MR) is 117 cm³/mol. The van der Waals surface area contributed by atoms with Gasteiger partial charge in [0.25, 0.3) is 5.56 Å². The third kappa shape index (κ3) is 2.82. The highest BCUT2D eigenvalue weighted by Crippen LogP contribution is 2.45. The van der Waals surface area contributed by atoms with Crippen LogP contribution >= 0.6 is 11.8 Å². The first-order valence-corrected chi connectivity index (χ1v) is 10.6. The molecule has 0 unspecified atom stereocenters. The summed E-state index contributed by atoms with van der Waals surface area (Å²) in [7, 11) is 0. The van der Waals surface area contributed by atoms with Crippen molar-refractivity contribution in [1.82, 2.24) is 4.57 Å². The first-order chi connectivity index (χ1) is 15.1. The minimum absolute atomic E-state index is 0.0627. The summed E-state index contributed by atoms with van der Waals surface area (Å²) in [6, 6.07) is 10.5. The Bertz CT molecular complexity index is 1550. The van der Waals surface area contributed by atoms with E-state index >= 15 is 0 Å². The highest BCUT2D eigenvalue weighted by Gasteiger charge is 2.41. The molecule has 32 heavy (non-hydrogen) atoms. The maximum Gasteiger partial charge on any atom is 0.354 e. The fourth-order valence-electron chi connectivity index (χ4n) is 4.24. The summed E-state index contributed by atoms with van der Waals surface area (Å²) in [5.74, 6) is -2.12. The summed E-state index contributed by atoms with van der Waals surface area (Å²) < 4.78 is 35.3. The van der Waals surface area contributed by atoms with E-state index in [1.807, 2.05) is 19.1 Å². The van der Waals surface area contributed by atoms with E-state index in [0.717, 1.165) is 29.5 Å². The van der Waals surface area contributed by atoms with E-state index in [0.29, 0.717) is 10.6 Å². The third-order valence-corrected chi connectivity index (χ3v) is 6.87. The van der Waals surface area contributed by atoms with Crippen LogP contribution in [0.4, 0.5) is 8.78 Å². The summed E-state index contributed by atoms with van der Waals surface area (Å²) in [4.78, 5) is 26.6. The van der Waals surface area contributed by atoms with E-state index in [9.17, 15) is 23.5 Å². The quantitative estimate of drug-likeness (QED) is 0.461. The lowest BCUT2D eigenvalue weighted by Gasteiger charge is -2.20. The van der Waals surface area contributed by atoms with Crippen molar-refractivity contribution >= 4 is 22.7 Å². The molecule has 0 saturated carbocycles. The zero-order valence-electron chi connectivity index (χ0n) is 17.3. The second-order valence-electron chi connectivity index (χ2n) is 8.30. The van der Waals surface area contributed by atoms with Crippen molar-refractivity contribution in [3.63, 3.8) is 0 Å². The lowest BCUT2D eigenvalue weighted by Crippen LogP contribution is -2.24. The molecule has 2 aromatic heterocycles. The molecule has 0 radical (unpaired) electrons. The number of pyridine rings is 1. The van der Waals surface area contributed by atoms with Gasteiger partial charge in [0.1, 0.15) is 27.5 Å². The van der Waals surface area contributed by atoms with Crippen molar-refractivity contribution < 1.29 is 18.3 Å². The molecule has 0 amide bonds. The molecule has 0 fully saturated rings. The van der Waals surface area contributed by atoms with Gasteiger partial charge in [-0.15, -0.1) is 0 Å². The van der Waals surface area contributed by atoms with Gasteiger partial charge in [0.2, 0.25) is 0 Å². The van der Waals surface area contributed by atoms with Gasteiger partial charge in [-0.25, -0.2) is 13.6 Å². The van der Waals surface area contributed by atoms with Gasteiger partial charge < -0.3 is 9.52 Å². The van der Waals surface area contributed by atoms with Crippen LogP contribution < -0.4 is 11.2 Å². The first-order valence-electron chi connectivity index (χ1n) is 9.80. The van der Waals surface area contributed by atoms with Crippen molar-refractivity contribution in [3.8, 4) is 11.4 Å². The first kappa shape index (κ1) is 20.5. The maximum atomic E-state index is 14.7. The molecule has 5 rings (SSSR count). The molecule has 0 bridgehead atoms. The standard InChI is InChI=1S/C24H17F2NO4S/c1-11-4-6-13(7-5-11)32-21-20(28)18-16(31-23(21)30)10-17-24(2,3)19-14(26)8-12(25)9-15(19)27(17)22(18)29/h4-10,28H,1-3H3. The number of fused-ring (bicyclic) bond motifs is 4. The Morgan fingerprint density at radius 1 is 1.06 bits per heavy atom. The molecule has 5 nitrogen and oxygen atoms in total. The summed E-state index contributed by atoms with van der Waals surface area (Å²) in [6.45, 7) is 5.30. The summed E-state index contributed by atoms with van der Waals surface area (Å²) >= 11 is 0.972. The smallest absolute Gasteiger partial charge is 0.354 e. The molecule has 0 atom stereocenters. The zero-order valence-corrected chi connectivity index (χ0v) is 18.1. The Hall–Kier alpha value is -3.39. The average molecular weight is 453 g/mol. The number of halogens is 2. The summed E-state index contributed by atoms with van der Waals surface area (Å²) in [6.07, 6.45) is 0. The molecule has 0 saturated heterocycles. The molecule has 8 heteroatoms. The van der Waals surface area contributed by atoms with E-state index in [2.05, 4.69) is 0 Å². The van der Waals surface area contributed by atoms with Gasteiger partial charge in [-0.2, -0.15) is 0 Å². The van der Waals surface area contributed by atoms with Gasteiger partial charge in [0.05, 0.1) is 5.69 Å². The zero-order chi connectivity index (χ0) is 22.9. The minimum atomic E-state index is -0.996. The van der Waals surface area contributed by atoms with E-state index < -0.39 is 34.0 Å². The van der Waals surface area contributed by atoms with Crippen molar-refractivity contribution in [3.05, 3.63) is 91.7 Å². The molecule has 162 valence electrons. The fourth-order valence-corrected chi connectivity index (χ4v) is 5.07. The fraction of sp³-hybridized carbons (Fsp3) is 0.167. The second-order valence-corrected chi connectivity index (χ2v) is 9.38. The normalized spacial score (nSPS) is 13.9. The van der Waals surface area contributed by atoms with Crippen LogP contribution in [0.5, 0.6) is 5.75 Å². The van der Waals surface area contributed by atoms with Crippen LogP contribution in [0, 0.1) is 18.6 Å². The molecule has 0 spiro atoms. The van der Waals surface area contributed by atoms with E-state index in [1.54, 1.807) is 26.0 Å². The molecule has 1 aliphatic rings. The largest absolute Gasteiger partial charge is 0.505 e. The number of hydrogen-bond acceptors (Lipinski definition) is 5. The summed E-state index contributed by atoms with van der Waals surface area (Å²) in [5, 5.41) is 10.7. The molecular formula is C24H17F2NO4S. The molecular weight excluding hydrogens is 436 g/mol. The number of aromatic hydroxyl groups is 1. The number of hydrogen-bond donors (Lipinski definition) is 1. The van der Waals surface area contributed by atoms with Gasteiger partial charge in [0, 0.05) is 33.7 Å². The van der Waals surface area contributed by atoms with Crippen LogP contribution in [0.3, 0.4) is 0 Å². The molecule has 1 N–H and O–H groups in total. The summed E-state index contributed by atoms with van der Waals surface area (Å²) in [5.41, 5.74) is -1.05. The molecule has 0 aliphatic carbocycles. The van der Waals surface area contributed by atoms with Gasteiger partial charge in [-0.05, 0) is 25.1 Å². The third-order valence-electron chi connectivity index (χ3n) is 5.79. The van der Waals surface area contributed by atoms with Gasteiger partial charge in [-0.1, -0.05) is 43.3 Å². The lowest BCUT2D eigenvalue weighted by atomic mass is 9.83. The van der Waals surface area contributed by atoms with Gasteiger partial charge in [0.15, 0.2) is 5.75 Å². The van der Waals surface area contributed by atoms with E-state index in [1.165, 1.54) is 10.6 Å². The van der Waals surface area contributed by atoms with Crippen LogP contribution in [-0.2, 0) is 5.41 Å². The van der Waals surface area contributed by atoms with Crippen LogP contribution in [-0.4, -0.2) is 9.67 Å². The number of aromatic nitrogens is 1. The number of benzene rings is 2. The second kappa shape index (κ2) is 6.80. The Morgan fingerprint density at radius 2 is 1.75 bits per heavy atom. The predicted octanol–water partition coefficient (Wildman–Crippen LogP) is 5.03. The van der Waals surface area contributed by atoms with Crippen LogP contribution in [0.15, 0.2) is 66.3 Å². The average Bonchev–Trinajstić information content (AvgIpc) is 2.93. The SMILES string of the molecule is Cc1ccc(Sc2c(O)c3c(=O)n4c(cc3oc2=O)C(C)(C)c2c(F)cc(F)cc2-4)cc1. The molecule has 1 aliphatic heterocycles. The van der Waals surface area contributed by atoms with Crippen LogP contribution in [0.1, 0.15) is 30.7 Å². The van der Waals surface area contributed by atoms with Crippen molar-refractivity contribution in [1.29, 1.82) is 0 Å². The topological polar surface area (TPSA) is 72.4 Å². The monoisotopic (exact) mass is 453 g/mol. The van der Waals surface area contributed by atoms with Crippen molar-refractivity contribution in [2.75, 3.05) is 0 Å².